The van der Waals surface area contributed by atoms with Crippen LogP contribution in [0.1, 0.15) is 51.9 Å². The molecule has 0 saturated heterocycles. The first-order chi connectivity index (χ1) is 9.63. The largest absolute Gasteiger partial charge is 0.443 e. The number of ether oxygens (including phenoxy) is 1. The van der Waals surface area contributed by atoms with Crippen molar-refractivity contribution in [1.82, 2.24) is 0 Å². The Labute approximate surface area is 125 Å². The van der Waals surface area contributed by atoms with Crippen molar-refractivity contribution in [2.75, 3.05) is 5.32 Å². The Bertz CT molecular complexity index is 433. The molecule has 0 bridgehead atoms. The molecule has 1 fully saturated rings. The molecule has 0 atom stereocenters. The van der Waals surface area contributed by atoms with Crippen LogP contribution in [0.15, 0.2) is 24.3 Å². The molecule has 3 nitrogen and oxygen atoms in total. The van der Waals surface area contributed by atoms with Gasteiger partial charge >= 0.3 is 6.09 Å². The van der Waals surface area contributed by atoms with Crippen LogP contribution in [0.2, 0.25) is 5.02 Å². The molecule has 1 amide bonds. The van der Waals surface area contributed by atoms with Crippen LogP contribution in [0.3, 0.4) is 0 Å². The summed E-state index contributed by atoms with van der Waals surface area (Å²) in [5.41, 5.74) is 0.450. The van der Waals surface area contributed by atoms with Gasteiger partial charge in [-0.05, 0) is 56.4 Å². The van der Waals surface area contributed by atoms with Crippen molar-refractivity contribution in [3.63, 3.8) is 0 Å². The minimum absolute atomic E-state index is 0.260. The maximum Gasteiger partial charge on any atom is 0.412 e. The van der Waals surface area contributed by atoms with Gasteiger partial charge in [-0.2, -0.15) is 0 Å². The number of nitrogens with one attached hydrogen (secondary N) is 1. The first-order valence-electron chi connectivity index (χ1n) is 7.39. The zero-order valence-electron chi connectivity index (χ0n) is 12.0. The lowest BCUT2D eigenvalue weighted by Gasteiger charge is -2.36. The first-order valence-corrected chi connectivity index (χ1v) is 7.77. The summed E-state index contributed by atoms with van der Waals surface area (Å²) in [6.45, 7) is 2.14. The molecule has 110 valence electrons. The molecule has 0 aliphatic heterocycles. The quantitative estimate of drug-likeness (QED) is 0.808. The van der Waals surface area contributed by atoms with E-state index in [9.17, 15) is 4.79 Å². The number of anilines is 1. The van der Waals surface area contributed by atoms with Gasteiger partial charge in [0.25, 0.3) is 0 Å². The van der Waals surface area contributed by atoms with Crippen molar-refractivity contribution in [3.8, 4) is 0 Å². The van der Waals surface area contributed by atoms with E-state index >= 15 is 0 Å². The fourth-order valence-corrected chi connectivity index (χ4v) is 3.05. The SMILES string of the molecule is CCCC1(OC(=O)Nc2ccc(Cl)cc2)CCCCC1. The molecule has 0 unspecified atom stereocenters. The fourth-order valence-electron chi connectivity index (χ4n) is 2.93. The summed E-state index contributed by atoms with van der Waals surface area (Å²) in [4.78, 5) is 12.1. The van der Waals surface area contributed by atoms with Crippen molar-refractivity contribution in [3.05, 3.63) is 29.3 Å². The van der Waals surface area contributed by atoms with Crippen LogP contribution in [0.5, 0.6) is 0 Å². The fraction of sp³-hybridized carbons (Fsp3) is 0.562. The highest BCUT2D eigenvalue weighted by Crippen LogP contribution is 2.35. The van der Waals surface area contributed by atoms with Gasteiger partial charge in [0, 0.05) is 10.7 Å². The Kier molecular flexibility index (Phi) is 5.30. The smallest absolute Gasteiger partial charge is 0.412 e. The standard InChI is InChI=1S/C16H22ClNO2/c1-2-10-16(11-4-3-5-12-16)20-15(19)18-14-8-6-13(17)7-9-14/h6-9H,2-5,10-12H2,1H3,(H,18,19). The zero-order valence-corrected chi connectivity index (χ0v) is 12.7. The molecule has 0 spiro atoms. The summed E-state index contributed by atoms with van der Waals surface area (Å²) >= 11 is 5.82. The number of benzene rings is 1. The summed E-state index contributed by atoms with van der Waals surface area (Å²) in [7, 11) is 0. The van der Waals surface area contributed by atoms with Gasteiger partial charge < -0.3 is 4.74 Å². The Balaban J connectivity index is 1.95. The summed E-state index contributed by atoms with van der Waals surface area (Å²) in [5.74, 6) is 0. The van der Waals surface area contributed by atoms with Gasteiger partial charge in [-0.1, -0.05) is 31.4 Å². The number of halogens is 1. The maximum absolute atomic E-state index is 12.1. The van der Waals surface area contributed by atoms with Gasteiger partial charge in [0.1, 0.15) is 5.60 Å². The number of carbonyl (C=O) groups is 1. The second kappa shape index (κ2) is 6.98. The van der Waals surface area contributed by atoms with E-state index in [0.29, 0.717) is 10.7 Å². The third-order valence-electron chi connectivity index (χ3n) is 3.87. The zero-order chi connectivity index (χ0) is 14.4. The van der Waals surface area contributed by atoms with Gasteiger partial charge in [0.05, 0.1) is 0 Å². The van der Waals surface area contributed by atoms with Gasteiger partial charge in [-0.15, -0.1) is 0 Å². The van der Waals surface area contributed by atoms with Crippen molar-refractivity contribution < 1.29 is 9.53 Å². The van der Waals surface area contributed by atoms with Crippen LogP contribution in [0.25, 0.3) is 0 Å². The second-order valence-electron chi connectivity index (χ2n) is 5.52. The molecule has 1 N–H and O–H groups in total. The molecule has 4 heteroatoms. The molecule has 0 aromatic heterocycles. The molecule has 1 aliphatic carbocycles. The summed E-state index contributed by atoms with van der Waals surface area (Å²) in [6.07, 6.45) is 7.12. The third kappa shape index (κ3) is 4.14. The first kappa shape index (κ1) is 15.2. The van der Waals surface area contributed by atoms with E-state index in [0.717, 1.165) is 38.5 Å². The summed E-state index contributed by atoms with van der Waals surface area (Å²) in [5, 5.41) is 3.43. The predicted molar refractivity (Wildman–Crippen MR) is 82.3 cm³/mol. The maximum atomic E-state index is 12.1. The van der Waals surface area contributed by atoms with Crippen molar-refractivity contribution >= 4 is 23.4 Å². The highest BCUT2D eigenvalue weighted by Gasteiger charge is 2.35. The van der Waals surface area contributed by atoms with Crippen LogP contribution in [0, 0.1) is 0 Å². The Hall–Kier alpha value is -1.22. The normalized spacial score (nSPS) is 17.5. The molecular formula is C16H22ClNO2. The lowest BCUT2D eigenvalue weighted by atomic mass is 9.81. The number of amides is 1. The number of hydrogen-bond donors (Lipinski definition) is 1. The Morgan fingerprint density at radius 3 is 2.50 bits per heavy atom. The van der Waals surface area contributed by atoms with E-state index in [1.807, 2.05) is 0 Å². The Morgan fingerprint density at radius 1 is 1.25 bits per heavy atom. The topological polar surface area (TPSA) is 38.3 Å². The monoisotopic (exact) mass is 295 g/mol. The predicted octanol–water partition coefficient (Wildman–Crippen LogP) is 5.39. The van der Waals surface area contributed by atoms with E-state index in [4.69, 9.17) is 16.3 Å². The highest BCUT2D eigenvalue weighted by molar-refractivity contribution is 6.30. The summed E-state index contributed by atoms with van der Waals surface area (Å²) < 4.78 is 5.77. The number of rotatable bonds is 4. The molecule has 1 aromatic carbocycles. The van der Waals surface area contributed by atoms with Crippen molar-refractivity contribution in [1.29, 1.82) is 0 Å². The minimum Gasteiger partial charge on any atom is -0.443 e. The molecular weight excluding hydrogens is 274 g/mol. The van der Waals surface area contributed by atoms with Gasteiger partial charge in [-0.3, -0.25) is 5.32 Å². The van der Waals surface area contributed by atoms with Crippen LogP contribution in [-0.4, -0.2) is 11.7 Å². The minimum atomic E-state index is -0.359. The highest BCUT2D eigenvalue weighted by atomic mass is 35.5. The molecule has 0 radical (unpaired) electrons. The lowest BCUT2D eigenvalue weighted by molar-refractivity contribution is -0.0165. The number of carbonyl (C=O) groups excluding carboxylic acids is 1. The summed E-state index contributed by atoms with van der Waals surface area (Å²) in [6, 6.07) is 7.05. The van der Waals surface area contributed by atoms with Crippen LogP contribution >= 0.6 is 11.6 Å². The average molecular weight is 296 g/mol. The van der Waals surface area contributed by atoms with E-state index in [-0.39, 0.29) is 11.7 Å². The molecule has 2 rings (SSSR count). The van der Waals surface area contributed by atoms with Gasteiger partial charge in [0.15, 0.2) is 0 Å². The molecule has 1 saturated carbocycles. The van der Waals surface area contributed by atoms with E-state index in [2.05, 4.69) is 12.2 Å². The lowest BCUT2D eigenvalue weighted by Crippen LogP contribution is -2.38. The van der Waals surface area contributed by atoms with Crippen LogP contribution < -0.4 is 5.32 Å². The molecule has 0 heterocycles. The van der Waals surface area contributed by atoms with Gasteiger partial charge in [0.2, 0.25) is 0 Å². The molecule has 1 aromatic rings. The van der Waals surface area contributed by atoms with Gasteiger partial charge in [-0.25, -0.2) is 4.79 Å². The van der Waals surface area contributed by atoms with Crippen molar-refractivity contribution in [2.45, 2.75) is 57.5 Å². The third-order valence-corrected chi connectivity index (χ3v) is 4.12. The Morgan fingerprint density at radius 2 is 1.90 bits per heavy atom. The molecule has 20 heavy (non-hydrogen) atoms. The van der Waals surface area contributed by atoms with Crippen LogP contribution in [0.4, 0.5) is 10.5 Å². The van der Waals surface area contributed by atoms with E-state index in [1.165, 1.54) is 6.42 Å². The van der Waals surface area contributed by atoms with E-state index < -0.39 is 0 Å². The van der Waals surface area contributed by atoms with E-state index in [1.54, 1.807) is 24.3 Å². The van der Waals surface area contributed by atoms with Crippen LogP contribution in [-0.2, 0) is 4.74 Å². The number of hydrogen-bond acceptors (Lipinski definition) is 2. The van der Waals surface area contributed by atoms with Crippen molar-refractivity contribution in [2.24, 2.45) is 0 Å². The second-order valence-corrected chi connectivity index (χ2v) is 5.95. The molecule has 1 aliphatic rings. The average Bonchev–Trinajstić information content (AvgIpc) is 2.42.